The summed E-state index contributed by atoms with van der Waals surface area (Å²) in [4.78, 5) is 21.4. The molecule has 2 aromatic heterocycles. The number of aryl methyl sites for hydroxylation is 2. The van der Waals surface area contributed by atoms with Crippen LogP contribution in [0, 0.1) is 19.8 Å². The number of piperidine rings is 1. The summed E-state index contributed by atoms with van der Waals surface area (Å²) in [7, 11) is 0. The summed E-state index contributed by atoms with van der Waals surface area (Å²) < 4.78 is 2.35. The number of rotatable bonds is 7. The van der Waals surface area contributed by atoms with Gasteiger partial charge in [-0.25, -0.2) is 4.98 Å². The lowest BCUT2D eigenvalue weighted by atomic mass is 10.00. The van der Waals surface area contributed by atoms with Crippen LogP contribution in [0.5, 0.6) is 0 Å². The average Bonchev–Trinajstić information content (AvgIpc) is 3.39. The first-order valence-corrected chi connectivity index (χ1v) is 13.9. The van der Waals surface area contributed by atoms with Crippen LogP contribution in [-0.2, 0) is 10.5 Å². The molecule has 1 aromatic carbocycles. The van der Waals surface area contributed by atoms with E-state index in [1.807, 2.05) is 17.5 Å². The number of benzene rings is 1. The van der Waals surface area contributed by atoms with Crippen LogP contribution < -0.4 is 9.80 Å². The molecule has 3 aromatic rings. The first-order chi connectivity index (χ1) is 16.4. The monoisotopic (exact) mass is 496 g/mol. The van der Waals surface area contributed by atoms with E-state index >= 15 is 0 Å². The minimum absolute atomic E-state index is 0.0363. The second-order valence-electron chi connectivity index (χ2n) is 9.59. The minimum atomic E-state index is -0.0363. The number of anilines is 3. The van der Waals surface area contributed by atoms with Gasteiger partial charge in [0.1, 0.15) is 0 Å². The minimum Gasteiger partial charge on any atom is -0.341 e. The molecule has 0 radical (unpaired) electrons. The zero-order valence-corrected chi connectivity index (χ0v) is 22.0. The second kappa shape index (κ2) is 9.70. The fourth-order valence-electron chi connectivity index (χ4n) is 4.34. The van der Waals surface area contributed by atoms with E-state index in [1.54, 1.807) is 23.6 Å². The predicted octanol–water partition coefficient (Wildman–Crippen LogP) is 5.90. The molecule has 1 saturated heterocycles. The Kier molecular flexibility index (Phi) is 6.66. The van der Waals surface area contributed by atoms with Gasteiger partial charge in [-0.05, 0) is 68.7 Å². The van der Waals surface area contributed by atoms with E-state index in [4.69, 9.17) is 4.98 Å². The topological polar surface area (TPSA) is 67.2 Å². The summed E-state index contributed by atoms with van der Waals surface area (Å²) in [5, 5.41) is 12.9. The van der Waals surface area contributed by atoms with Crippen LogP contribution in [0.4, 0.5) is 16.8 Å². The summed E-state index contributed by atoms with van der Waals surface area (Å²) >= 11 is 3.20. The van der Waals surface area contributed by atoms with E-state index in [9.17, 15) is 4.79 Å². The maximum absolute atomic E-state index is 12.5. The molecule has 1 amide bonds. The Balaban J connectivity index is 1.31. The van der Waals surface area contributed by atoms with Gasteiger partial charge in [0.15, 0.2) is 10.3 Å². The number of hydrogen-bond donors (Lipinski definition) is 0. The lowest BCUT2D eigenvalue weighted by molar-refractivity contribution is -0.115. The fraction of sp³-hybridized carbons (Fsp3) is 0.520. The van der Waals surface area contributed by atoms with Crippen molar-refractivity contribution >= 4 is 45.8 Å². The van der Waals surface area contributed by atoms with Crippen molar-refractivity contribution in [2.75, 3.05) is 22.9 Å². The van der Waals surface area contributed by atoms with Crippen LogP contribution in [0.3, 0.4) is 0 Å². The number of amides is 1. The Hall–Kier alpha value is -2.39. The molecule has 3 heterocycles. The van der Waals surface area contributed by atoms with Crippen LogP contribution in [0.25, 0.3) is 0 Å². The highest BCUT2D eigenvalue weighted by molar-refractivity contribution is 7.98. The highest BCUT2D eigenvalue weighted by atomic mass is 32.2. The third-order valence-electron chi connectivity index (χ3n) is 6.77. The standard InChI is InChI=1S/C25H32N6OS2/c1-16-9-11-29(12-10-16)23-27-28-25(31(23)21-7-8-21)34-15-20-14-33-24(26-20)30(19(4)32)22-6-5-17(2)18(3)13-22/h5-6,13-14,16,21H,7-12,15H2,1-4H3. The van der Waals surface area contributed by atoms with Crippen LogP contribution in [0.1, 0.15) is 62.4 Å². The summed E-state index contributed by atoms with van der Waals surface area (Å²) in [6.45, 7) is 10.2. The first kappa shape index (κ1) is 23.4. The largest absolute Gasteiger partial charge is 0.341 e. The normalized spacial score (nSPS) is 16.8. The highest BCUT2D eigenvalue weighted by Crippen LogP contribution is 2.42. The second-order valence-corrected chi connectivity index (χ2v) is 11.4. The average molecular weight is 497 g/mol. The molecule has 2 aliphatic rings. The van der Waals surface area contributed by atoms with Crippen molar-refractivity contribution in [1.29, 1.82) is 0 Å². The molecule has 1 saturated carbocycles. The van der Waals surface area contributed by atoms with Gasteiger partial charge in [0.05, 0.1) is 11.4 Å². The number of aromatic nitrogens is 4. The summed E-state index contributed by atoms with van der Waals surface area (Å²) in [6.07, 6.45) is 4.84. The summed E-state index contributed by atoms with van der Waals surface area (Å²) in [5.74, 6) is 2.50. The lowest BCUT2D eigenvalue weighted by Crippen LogP contribution is -2.34. The molecule has 34 heavy (non-hydrogen) atoms. The van der Waals surface area contributed by atoms with Gasteiger partial charge in [0.25, 0.3) is 0 Å². The van der Waals surface area contributed by atoms with Crippen molar-refractivity contribution in [3.63, 3.8) is 0 Å². The molecule has 1 aliphatic carbocycles. The van der Waals surface area contributed by atoms with E-state index in [-0.39, 0.29) is 5.91 Å². The molecule has 5 rings (SSSR count). The zero-order chi connectivity index (χ0) is 23.8. The number of carbonyl (C=O) groups excluding carboxylic acids is 1. The number of hydrogen-bond acceptors (Lipinski definition) is 7. The Bertz CT molecular complexity index is 1180. The number of thiazole rings is 1. The van der Waals surface area contributed by atoms with Gasteiger partial charge >= 0.3 is 0 Å². The van der Waals surface area contributed by atoms with E-state index in [1.165, 1.54) is 42.6 Å². The van der Waals surface area contributed by atoms with Gasteiger partial charge in [0, 0.05) is 37.2 Å². The molecule has 0 bridgehead atoms. The molecule has 0 N–H and O–H groups in total. The van der Waals surface area contributed by atoms with E-state index in [0.29, 0.717) is 16.9 Å². The molecule has 0 atom stereocenters. The maximum Gasteiger partial charge on any atom is 0.230 e. The number of carbonyl (C=O) groups is 1. The number of thioether (sulfide) groups is 1. The third-order valence-corrected chi connectivity index (χ3v) is 8.62. The van der Waals surface area contributed by atoms with Crippen molar-refractivity contribution in [2.24, 2.45) is 5.92 Å². The Labute approximate surface area is 209 Å². The van der Waals surface area contributed by atoms with Crippen LogP contribution in [-0.4, -0.2) is 38.7 Å². The molecule has 0 unspecified atom stereocenters. The van der Waals surface area contributed by atoms with Gasteiger partial charge in [-0.15, -0.1) is 21.5 Å². The SMILES string of the molecule is CC(=O)N(c1ccc(C)c(C)c1)c1nc(CSc2nnc(N3CCC(C)CC3)n2C2CC2)cs1. The van der Waals surface area contributed by atoms with Crippen molar-refractivity contribution in [2.45, 2.75) is 70.3 Å². The molecular formula is C25H32N6OS2. The molecule has 9 heteroatoms. The molecule has 7 nitrogen and oxygen atoms in total. The summed E-state index contributed by atoms with van der Waals surface area (Å²) in [6, 6.07) is 6.61. The Morgan fingerprint density at radius 3 is 2.59 bits per heavy atom. The van der Waals surface area contributed by atoms with Crippen LogP contribution >= 0.6 is 23.1 Å². The number of nitrogens with zero attached hydrogens (tertiary/aromatic N) is 6. The third kappa shape index (κ3) is 4.86. The van der Waals surface area contributed by atoms with Gasteiger partial charge < -0.3 is 4.90 Å². The van der Waals surface area contributed by atoms with Gasteiger partial charge in [-0.1, -0.05) is 24.8 Å². The molecule has 2 fully saturated rings. The summed E-state index contributed by atoms with van der Waals surface area (Å²) in [5.41, 5.74) is 4.19. The predicted molar refractivity (Wildman–Crippen MR) is 139 cm³/mol. The van der Waals surface area contributed by atoms with E-state index in [2.05, 4.69) is 46.5 Å². The van der Waals surface area contributed by atoms with Crippen LogP contribution in [0.15, 0.2) is 28.7 Å². The first-order valence-electron chi connectivity index (χ1n) is 12.1. The van der Waals surface area contributed by atoms with Gasteiger partial charge in [-0.3, -0.25) is 14.3 Å². The lowest BCUT2D eigenvalue weighted by Gasteiger charge is -2.31. The smallest absolute Gasteiger partial charge is 0.230 e. The van der Waals surface area contributed by atoms with Gasteiger partial charge in [-0.2, -0.15) is 0 Å². The molecular weight excluding hydrogens is 464 g/mol. The Morgan fingerprint density at radius 1 is 1.15 bits per heavy atom. The van der Waals surface area contributed by atoms with Crippen molar-refractivity contribution < 1.29 is 4.79 Å². The molecule has 180 valence electrons. The van der Waals surface area contributed by atoms with E-state index < -0.39 is 0 Å². The van der Waals surface area contributed by atoms with E-state index in [0.717, 1.165) is 47.1 Å². The Morgan fingerprint density at radius 2 is 1.91 bits per heavy atom. The van der Waals surface area contributed by atoms with Crippen molar-refractivity contribution in [3.05, 3.63) is 40.4 Å². The maximum atomic E-state index is 12.5. The van der Waals surface area contributed by atoms with Crippen molar-refractivity contribution in [3.8, 4) is 0 Å². The molecule has 1 aliphatic heterocycles. The molecule has 0 spiro atoms. The quantitative estimate of drug-likeness (QED) is 0.380. The fourth-order valence-corrected chi connectivity index (χ4v) is 6.23. The van der Waals surface area contributed by atoms with Crippen molar-refractivity contribution in [1.82, 2.24) is 19.7 Å². The van der Waals surface area contributed by atoms with Gasteiger partial charge in [0.2, 0.25) is 11.9 Å². The zero-order valence-electron chi connectivity index (χ0n) is 20.3. The highest BCUT2D eigenvalue weighted by Gasteiger charge is 2.32. The van der Waals surface area contributed by atoms with Crippen LogP contribution in [0.2, 0.25) is 0 Å².